The molecule has 0 aliphatic heterocycles. The molecule has 0 aliphatic carbocycles. The molecule has 1 atom stereocenters. The van der Waals surface area contributed by atoms with Crippen LogP contribution in [-0.4, -0.2) is 20.4 Å². The van der Waals surface area contributed by atoms with Crippen molar-refractivity contribution in [2.75, 3.05) is 0 Å². The first-order valence-corrected chi connectivity index (χ1v) is 8.15. The molecule has 0 radical (unpaired) electrons. The normalized spacial score (nSPS) is 12.2. The van der Waals surface area contributed by atoms with Gasteiger partial charge in [0.05, 0.1) is 17.8 Å². The van der Waals surface area contributed by atoms with Crippen molar-refractivity contribution >= 4 is 27.5 Å². The maximum atomic E-state index is 12.2. The van der Waals surface area contributed by atoms with Crippen molar-refractivity contribution in [2.24, 2.45) is 0 Å². The van der Waals surface area contributed by atoms with Gasteiger partial charge in [0.1, 0.15) is 4.83 Å². The third-order valence-electron chi connectivity index (χ3n) is 3.61. The van der Waals surface area contributed by atoms with Crippen LogP contribution in [0, 0.1) is 0 Å². The monoisotopic (exact) mass is 328 g/mol. The molecular weight excluding hydrogens is 312 g/mol. The van der Waals surface area contributed by atoms with Gasteiger partial charge in [0, 0.05) is 25.4 Å². The van der Waals surface area contributed by atoms with Gasteiger partial charge in [-0.2, -0.15) is 0 Å². The maximum absolute atomic E-state index is 12.2. The van der Waals surface area contributed by atoms with E-state index in [2.05, 4.69) is 15.3 Å². The van der Waals surface area contributed by atoms with Gasteiger partial charge in [-0.3, -0.25) is 19.1 Å². The number of rotatable bonds is 5. The van der Waals surface area contributed by atoms with Gasteiger partial charge in [0.25, 0.3) is 5.56 Å². The quantitative estimate of drug-likeness (QED) is 0.778. The van der Waals surface area contributed by atoms with E-state index in [0.29, 0.717) is 11.9 Å². The molecule has 3 heterocycles. The Bertz CT molecular complexity index is 872. The number of nitrogens with one attached hydrogen (secondary N) is 1. The van der Waals surface area contributed by atoms with Crippen molar-refractivity contribution in [2.45, 2.75) is 25.9 Å². The fourth-order valence-electron chi connectivity index (χ4n) is 2.32. The lowest BCUT2D eigenvalue weighted by atomic mass is 10.1. The second kappa shape index (κ2) is 6.70. The Labute approximate surface area is 136 Å². The summed E-state index contributed by atoms with van der Waals surface area (Å²) in [6, 6.07) is 5.39. The zero-order chi connectivity index (χ0) is 16.2. The topological polar surface area (TPSA) is 76.9 Å². The predicted octanol–water partition coefficient (Wildman–Crippen LogP) is 2.12. The van der Waals surface area contributed by atoms with Gasteiger partial charge in [-0.15, -0.1) is 11.3 Å². The largest absolute Gasteiger partial charge is 0.350 e. The van der Waals surface area contributed by atoms with Gasteiger partial charge < -0.3 is 5.32 Å². The molecule has 0 unspecified atom stereocenters. The van der Waals surface area contributed by atoms with Crippen molar-refractivity contribution in [1.82, 2.24) is 19.9 Å². The van der Waals surface area contributed by atoms with E-state index in [1.165, 1.54) is 22.2 Å². The standard InChI is InChI=1S/C16H16N4O2S/c1-11(12-2-6-17-7-3-12)19-14(21)4-8-20-10-18-15-13(16(20)22)5-9-23-15/h2-3,5-7,9-11H,4,8H2,1H3,(H,19,21)/t11-/m1/s1. The number of thiophene rings is 1. The number of aryl methyl sites for hydroxylation is 1. The number of pyridine rings is 1. The number of carbonyl (C=O) groups excluding carboxylic acids is 1. The van der Waals surface area contributed by atoms with Crippen LogP contribution in [-0.2, 0) is 11.3 Å². The van der Waals surface area contributed by atoms with Gasteiger partial charge in [0.2, 0.25) is 5.91 Å². The molecule has 1 N–H and O–H groups in total. The fraction of sp³-hybridized carbons (Fsp3) is 0.250. The SMILES string of the molecule is C[C@@H](NC(=O)CCn1cnc2sccc2c1=O)c1ccncc1. The number of carbonyl (C=O) groups is 1. The van der Waals surface area contributed by atoms with E-state index in [4.69, 9.17) is 0 Å². The number of aromatic nitrogens is 3. The van der Waals surface area contributed by atoms with Gasteiger partial charge in [-0.25, -0.2) is 4.98 Å². The van der Waals surface area contributed by atoms with E-state index in [1.54, 1.807) is 18.5 Å². The summed E-state index contributed by atoms with van der Waals surface area (Å²) < 4.78 is 1.48. The van der Waals surface area contributed by atoms with E-state index >= 15 is 0 Å². The van der Waals surface area contributed by atoms with Crippen LogP contribution in [0.1, 0.15) is 24.9 Å². The molecular formula is C16H16N4O2S. The molecule has 0 bridgehead atoms. The maximum Gasteiger partial charge on any atom is 0.262 e. The van der Waals surface area contributed by atoms with E-state index in [1.807, 2.05) is 24.4 Å². The number of nitrogens with zero attached hydrogens (tertiary/aromatic N) is 3. The van der Waals surface area contributed by atoms with Crippen molar-refractivity contribution in [3.8, 4) is 0 Å². The minimum Gasteiger partial charge on any atom is -0.350 e. The average Bonchev–Trinajstić information content (AvgIpc) is 3.04. The number of fused-ring (bicyclic) bond motifs is 1. The summed E-state index contributed by atoms with van der Waals surface area (Å²) in [5.74, 6) is -0.105. The molecule has 3 aromatic rings. The van der Waals surface area contributed by atoms with Crippen LogP contribution < -0.4 is 10.9 Å². The van der Waals surface area contributed by atoms with Crippen molar-refractivity contribution in [3.63, 3.8) is 0 Å². The minimum absolute atomic E-state index is 0.0975. The number of hydrogen-bond acceptors (Lipinski definition) is 5. The number of hydrogen-bond donors (Lipinski definition) is 1. The first kappa shape index (κ1) is 15.4. The molecule has 0 aliphatic rings. The van der Waals surface area contributed by atoms with Gasteiger partial charge in [-0.1, -0.05) is 0 Å². The van der Waals surface area contributed by atoms with Crippen molar-refractivity contribution in [3.05, 3.63) is 58.2 Å². The molecule has 23 heavy (non-hydrogen) atoms. The van der Waals surface area contributed by atoms with Crippen LogP contribution in [0.25, 0.3) is 10.2 Å². The summed E-state index contributed by atoms with van der Waals surface area (Å²) in [6.07, 6.45) is 5.12. The third-order valence-corrected chi connectivity index (χ3v) is 4.43. The van der Waals surface area contributed by atoms with E-state index in [0.717, 1.165) is 10.4 Å². The van der Waals surface area contributed by atoms with Gasteiger partial charge >= 0.3 is 0 Å². The van der Waals surface area contributed by atoms with Crippen LogP contribution in [0.4, 0.5) is 0 Å². The van der Waals surface area contributed by atoms with E-state index < -0.39 is 0 Å². The summed E-state index contributed by atoms with van der Waals surface area (Å²) in [5.41, 5.74) is 0.887. The second-order valence-electron chi connectivity index (χ2n) is 5.20. The zero-order valence-corrected chi connectivity index (χ0v) is 13.4. The molecule has 0 saturated heterocycles. The smallest absolute Gasteiger partial charge is 0.262 e. The Morgan fingerprint density at radius 2 is 2.13 bits per heavy atom. The van der Waals surface area contributed by atoms with E-state index in [-0.39, 0.29) is 23.9 Å². The van der Waals surface area contributed by atoms with Crippen LogP contribution in [0.15, 0.2) is 47.1 Å². The predicted molar refractivity (Wildman–Crippen MR) is 89.3 cm³/mol. The first-order valence-electron chi connectivity index (χ1n) is 7.27. The summed E-state index contributed by atoms with van der Waals surface area (Å²) in [5, 5.41) is 5.36. The van der Waals surface area contributed by atoms with Crippen LogP contribution in [0.5, 0.6) is 0 Å². The van der Waals surface area contributed by atoms with Gasteiger partial charge in [0.15, 0.2) is 0 Å². The highest BCUT2D eigenvalue weighted by atomic mass is 32.1. The molecule has 1 amide bonds. The number of amides is 1. The van der Waals surface area contributed by atoms with Crippen LogP contribution >= 0.6 is 11.3 Å². The summed E-state index contributed by atoms with van der Waals surface area (Å²) in [6.45, 7) is 2.23. The van der Waals surface area contributed by atoms with E-state index in [9.17, 15) is 9.59 Å². The fourth-order valence-corrected chi connectivity index (χ4v) is 3.05. The molecule has 7 heteroatoms. The molecule has 0 spiro atoms. The Balaban J connectivity index is 1.62. The minimum atomic E-state index is -0.105. The van der Waals surface area contributed by atoms with Crippen molar-refractivity contribution < 1.29 is 4.79 Å². The summed E-state index contributed by atoms with van der Waals surface area (Å²) in [4.78, 5) is 33.2. The molecule has 6 nitrogen and oxygen atoms in total. The lowest BCUT2D eigenvalue weighted by Crippen LogP contribution is -2.29. The second-order valence-corrected chi connectivity index (χ2v) is 6.10. The van der Waals surface area contributed by atoms with Crippen molar-refractivity contribution in [1.29, 1.82) is 0 Å². The molecule has 3 rings (SSSR count). The zero-order valence-electron chi connectivity index (χ0n) is 12.6. The average molecular weight is 328 g/mol. The Morgan fingerprint density at radius 1 is 1.35 bits per heavy atom. The molecule has 0 fully saturated rings. The lowest BCUT2D eigenvalue weighted by molar-refractivity contribution is -0.121. The summed E-state index contributed by atoms with van der Waals surface area (Å²) >= 11 is 1.43. The first-order chi connectivity index (χ1) is 11.1. The molecule has 118 valence electrons. The Hall–Kier alpha value is -2.54. The Morgan fingerprint density at radius 3 is 2.91 bits per heavy atom. The van der Waals surface area contributed by atoms with Crippen LogP contribution in [0.2, 0.25) is 0 Å². The molecule has 3 aromatic heterocycles. The summed E-state index contributed by atoms with van der Waals surface area (Å²) in [7, 11) is 0. The van der Waals surface area contributed by atoms with Gasteiger partial charge in [-0.05, 0) is 36.1 Å². The highest BCUT2D eigenvalue weighted by Crippen LogP contribution is 2.13. The highest BCUT2D eigenvalue weighted by molar-refractivity contribution is 7.16. The Kier molecular flexibility index (Phi) is 4.47. The molecule has 0 aromatic carbocycles. The lowest BCUT2D eigenvalue weighted by Gasteiger charge is -2.14. The van der Waals surface area contributed by atoms with Crippen LogP contribution in [0.3, 0.4) is 0 Å². The highest BCUT2D eigenvalue weighted by Gasteiger charge is 2.11. The molecule has 0 saturated carbocycles. The third kappa shape index (κ3) is 3.45.